The molecule has 0 heterocycles. The summed E-state index contributed by atoms with van der Waals surface area (Å²) in [6, 6.07) is 11.5. The molecule has 0 aliphatic carbocycles. The number of hydrogen-bond acceptors (Lipinski definition) is 5. The highest BCUT2D eigenvalue weighted by Crippen LogP contribution is 2.47. The molecule has 2 atom stereocenters. The lowest BCUT2D eigenvalue weighted by Crippen LogP contribution is -2.20. The van der Waals surface area contributed by atoms with Crippen LogP contribution < -0.4 is 14.2 Å². The number of methoxy groups -OCH3 is 3. The summed E-state index contributed by atoms with van der Waals surface area (Å²) in [6.07, 6.45) is -0.419. The first-order chi connectivity index (χ1) is 12.1. The van der Waals surface area contributed by atoms with Crippen molar-refractivity contribution in [1.82, 2.24) is 0 Å². The molecule has 0 spiro atoms. The molecule has 0 saturated carbocycles. The van der Waals surface area contributed by atoms with E-state index in [-0.39, 0.29) is 6.61 Å². The molecule has 5 nitrogen and oxygen atoms in total. The minimum Gasteiger partial charge on any atom is -0.493 e. The zero-order valence-electron chi connectivity index (χ0n) is 14.5. The molecule has 0 bridgehead atoms. The van der Waals surface area contributed by atoms with Crippen molar-refractivity contribution in [3.63, 3.8) is 0 Å². The summed E-state index contributed by atoms with van der Waals surface area (Å²) in [5.41, 5.74) is 1.56. The largest absolute Gasteiger partial charge is 0.493 e. The van der Waals surface area contributed by atoms with E-state index in [1.165, 1.54) is 21.3 Å². The van der Waals surface area contributed by atoms with Gasteiger partial charge in [-0.2, -0.15) is 0 Å². The molecule has 2 N–H and O–H groups in total. The molecular weight excluding hydrogens is 388 g/mol. The highest BCUT2D eigenvalue weighted by Gasteiger charge is 2.29. The van der Waals surface area contributed by atoms with Crippen molar-refractivity contribution in [2.45, 2.75) is 12.5 Å². The third-order valence-electron chi connectivity index (χ3n) is 4.14. The Labute approximate surface area is 156 Å². The van der Waals surface area contributed by atoms with E-state index in [2.05, 4.69) is 15.9 Å². The zero-order chi connectivity index (χ0) is 18.4. The quantitative estimate of drug-likeness (QED) is 0.698. The SMILES string of the molecule is COc1cc(Br)c(C(O)C(CO)Cc2ccccc2)c(OC)c1OC. The Morgan fingerprint density at radius 1 is 1.00 bits per heavy atom. The molecule has 0 aliphatic rings. The fraction of sp³-hybridized carbons (Fsp3) is 0.368. The van der Waals surface area contributed by atoms with E-state index >= 15 is 0 Å². The highest BCUT2D eigenvalue weighted by molar-refractivity contribution is 9.10. The van der Waals surface area contributed by atoms with Crippen LogP contribution in [-0.2, 0) is 6.42 Å². The van der Waals surface area contributed by atoms with Crippen LogP contribution in [-0.4, -0.2) is 38.1 Å². The van der Waals surface area contributed by atoms with Crippen LogP contribution in [0.15, 0.2) is 40.9 Å². The monoisotopic (exact) mass is 410 g/mol. The minimum atomic E-state index is -0.950. The van der Waals surface area contributed by atoms with Crippen molar-refractivity contribution in [1.29, 1.82) is 0 Å². The number of halogens is 1. The number of aliphatic hydroxyl groups excluding tert-OH is 2. The Morgan fingerprint density at radius 2 is 1.64 bits per heavy atom. The van der Waals surface area contributed by atoms with E-state index in [1.807, 2.05) is 30.3 Å². The van der Waals surface area contributed by atoms with Gasteiger partial charge in [0.05, 0.1) is 27.4 Å². The predicted octanol–water partition coefficient (Wildman–Crippen LogP) is 3.36. The molecule has 136 valence electrons. The average Bonchev–Trinajstić information content (AvgIpc) is 2.65. The van der Waals surface area contributed by atoms with Crippen molar-refractivity contribution in [3.8, 4) is 17.2 Å². The van der Waals surface area contributed by atoms with Gasteiger partial charge in [-0.3, -0.25) is 0 Å². The van der Waals surface area contributed by atoms with Gasteiger partial charge in [-0.05, 0) is 18.1 Å². The molecule has 0 radical (unpaired) electrons. The average molecular weight is 411 g/mol. The molecule has 25 heavy (non-hydrogen) atoms. The van der Waals surface area contributed by atoms with Crippen molar-refractivity contribution >= 4 is 15.9 Å². The van der Waals surface area contributed by atoms with Crippen LogP contribution in [0.4, 0.5) is 0 Å². The summed E-state index contributed by atoms with van der Waals surface area (Å²) >= 11 is 3.47. The second kappa shape index (κ2) is 9.08. The number of aliphatic hydroxyl groups is 2. The molecule has 0 saturated heterocycles. The van der Waals surface area contributed by atoms with Gasteiger partial charge >= 0.3 is 0 Å². The third-order valence-corrected chi connectivity index (χ3v) is 4.79. The minimum absolute atomic E-state index is 0.167. The molecule has 0 fully saturated rings. The summed E-state index contributed by atoms with van der Waals surface area (Å²) in [7, 11) is 4.55. The summed E-state index contributed by atoms with van der Waals surface area (Å²) < 4.78 is 16.8. The summed E-state index contributed by atoms with van der Waals surface area (Å²) in [5, 5.41) is 20.8. The van der Waals surface area contributed by atoms with E-state index in [0.717, 1.165) is 5.56 Å². The Hall–Kier alpha value is -1.76. The number of ether oxygens (including phenoxy) is 3. The van der Waals surface area contributed by atoms with E-state index in [1.54, 1.807) is 6.07 Å². The lowest BCUT2D eigenvalue weighted by molar-refractivity contribution is 0.0641. The van der Waals surface area contributed by atoms with Gasteiger partial charge in [0.25, 0.3) is 0 Å². The van der Waals surface area contributed by atoms with Crippen molar-refractivity contribution < 1.29 is 24.4 Å². The van der Waals surface area contributed by atoms with E-state index in [0.29, 0.717) is 33.7 Å². The molecule has 0 aromatic heterocycles. The molecule has 2 rings (SSSR count). The number of rotatable bonds is 8. The Kier molecular flexibility index (Phi) is 7.11. The first-order valence-electron chi connectivity index (χ1n) is 7.88. The predicted molar refractivity (Wildman–Crippen MR) is 99.5 cm³/mol. The van der Waals surface area contributed by atoms with Crippen LogP contribution in [0.3, 0.4) is 0 Å². The van der Waals surface area contributed by atoms with Gasteiger partial charge < -0.3 is 24.4 Å². The summed E-state index contributed by atoms with van der Waals surface area (Å²) in [4.78, 5) is 0. The van der Waals surface area contributed by atoms with Gasteiger partial charge in [-0.1, -0.05) is 46.3 Å². The standard InChI is InChI=1S/C19H23BrO5/c1-23-15-10-14(20)16(19(25-3)18(15)24-2)17(22)13(11-21)9-12-7-5-4-6-8-12/h4-8,10,13,17,21-22H,9,11H2,1-3H3. The summed E-state index contributed by atoms with van der Waals surface area (Å²) in [6.45, 7) is -0.167. The van der Waals surface area contributed by atoms with Gasteiger partial charge in [0, 0.05) is 22.6 Å². The third kappa shape index (κ3) is 4.26. The van der Waals surface area contributed by atoms with Crippen LogP contribution in [0.2, 0.25) is 0 Å². The summed E-state index contributed by atoms with van der Waals surface area (Å²) in [5.74, 6) is 0.878. The molecule has 2 aromatic carbocycles. The molecular formula is C19H23BrO5. The zero-order valence-corrected chi connectivity index (χ0v) is 16.1. The van der Waals surface area contributed by atoms with E-state index in [4.69, 9.17) is 14.2 Å². The maximum Gasteiger partial charge on any atom is 0.203 e. The maximum absolute atomic E-state index is 11.0. The van der Waals surface area contributed by atoms with Crippen LogP contribution in [0.5, 0.6) is 17.2 Å². The second-order valence-electron chi connectivity index (χ2n) is 5.62. The van der Waals surface area contributed by atoms with Crippen LogP contribution >= 0.6 is 15.9 Å². The maximum atomic E-state index is 11.0. The molecule has 2 aromatic rings. The molecule has 2 unspecified atom stereocenters. The van der Waals surface area contributed by atoms with Gasteiger partial charge in [0.2, 0.25) is 5.75 Å². The Morgan fingerprint density at radius 3 is 2.16 bits per heavy atom. The van der Waals surface area contributed by atoms with E-state index in [9.17, 15) is 10.2 Å². The van der Waals surface area contributed by atoms with Crippen LogP contribution in [0.25, 0.3) is 0 Å². The number of hydrogen-bond donors (Lipinski definition) is 2. The van der Waals surface area contributed by atoms with Crippen molar-refractivity contribution in [2.75, 3.05) is 27.9 Å². The first kappa shape index (κ1) is 19.6. The lowest BCUT2D eigenvalue weighted by Gasteiger charge is -2.26. The number of benzene rings is 2. The van der Waals surface area contributed by atoms with E-state index < -0.39 is 12.0 Å². The fourth-order valence-electron chi connectivity index (χ4n) is 2.85. The normalized spacial score (nSPS) is 13.2. The van der Waals surface area contributed by atoms with Crippen LogP contribution in [0.1, 0.15) is 17.2 Å². The second-order valence-corrected chi connectivity index (χ2v) is 6.47. The van der Waals surface area contributed by atoms with Crippen LogP contribution in [0, 0.1) is 5.92 Å². The Bertz CT molecular complexity index is 690. The molecule has 0 aliphatic heterocycles. The van der Waals surface area contributed by atoms with Gasteiger partial charge in [-0.15, -0.1) is 0 Å². The van der Waals surface area contributed by atoms with Gasteiger partial charge in [0.1, 0.15) is 0 Å². The molecule has 0 amide bonds. The first-order valence-corrected chi connectivity index (χ1v) is 8.67. The lowest BCUT2D eigenvalue weighted by atomic mass is 9.89. The topological polar surface area (TPSA) is 68.2 Å². The molecule has 6 heteroatoms. The van der Waals surface area contributed by atoms with Crippen molar-refractivity contribution in [2.24, 2.45) is 5.92 Å². The van der Waals surface area contributed by atoms with Gasteiger partial charge in [0.15, 0.2) is 11.5 Å². The fourth-order valence-corrected chi connectivity index (χ4v) is 3.48. The Balaban J connectivity index is 2.44. The van der Waals surface area contributed by atoms with Gasteiger partial charge in [-0.25, -0.2) is 0 Å². The smallest absolute Gasteiger partial charge is 0.203 e. The van der Waals surface area contributed by atoms with Crippen molar-refractivity contribution in [3.05, 3.63) is 52.0 Å². The highest BCUT2D eigenvalue weighted by atomic mass is 79.9.